The highest BCUT2D eigenvalue weighted by Crippen LogP contribution is 2.36. The fourth-order valence-corrected chi connectivity index (χ4v) is 3.79. The lowest BCUT2D eigenvalue weighted by molar-refractivity contribution is 0.573. The fourth-order valence-electron chi connectivity index (χ4n) is 2.36. The summed E-state index contributed by atoms with van der Waals surface area (Å²) in [7, 11) is -3.44. The van der Waals surface area contributed by atoms with Gasteiger partial charge in [-0.15, -0.1) is 0 Å². The lowest BCUT2D eigenvalue weighted by atomic mass is 10.1. The lowest BCUT2D eigenvalue weighted by Crippen LogP contribution is -2.27. The summed E-state index contributed by atoms with van der Waals surface area (Å²) in [6, 6.07) is 3.33. The van der Waals surface area contributed by atoms with Crippen molar-refractivity contribution in [3.63, 3.8) is 0 Å². The van der Waals surface area contributed by atoms with Crippen LogP contribution in [0.3, 0.4) is 0 Å². The van der Waals surface area contributed by atoms with E-state index < -0.39 is 10.0 Å². The number of sulfonamides is 1. The Morgan fingerprint density at radius 3 is 2.63 bits per heavy atom. The first kappa shape index (κ1) is 14.3. The third-order valence-corrected chi connectivity index (χ3v) is 5.35. The van der Waals surface area contributed by atoms with Gasteiger partial charge in [0.25, 0.3) is 0 Å². The van der Waals surface area contributed by atoms with E-state index in [1.54, 1.807) is 12.1 Å². The molecule has 2 atom stereocenters. The molecule has 2 unspecified atom stereocenters. The van der Waals surface area contributed by atoms with Crippen LogP contribution >= 0.6 is 0 Å². The molecule has 0 amide bonds. The molecular formula is C14H22N2O2S. The SMILES string of the molecule is CCCC1CC1NS(=O)(=O)c1cc(C)c(C)c(N)c1. The molecule has 19 heavy (non-hydrogen) atoms. The summed E-state index contributed by atoms with van der Waals surface area (Å²) < 4.78 is 27.3. The van der Waals surface area contributed by atoms with Crippen LogP contribution in [0.4, 0.5) is 5.69 Å². The first-order valence-electron chi connectivity index (χ1n) is 6.74. The predicted molar refractivity (Wildman–Crippen MR) is 77.5 cm³/mol. The highest BCUT2D eigenvalue weighted by Gasteiger charge is 2.39. The Labute approximate surface area is 115 Å². The maximum atomic E-state index is 12.3. The van der Waals surface area contributed by atoms with Gasteiger partial charge in [-0.3, -0.25) is 0 Å². The average Bonchev–Trinajstić information content (AvgIpc) is 3.03. The Morgan fingerprint density at radius 1 is 1.37 bits per heavy atom. The Bertz CT molecular complexity index is 558. The minimum absolute atomic E-state index is 0.104. The highest BCUT2D eigenvalue weighted by atomic mass is 32.2. The van der Waals surface area contributed by atoms with Crippen LogP contribution in [-0.4, -0.2) is 14.5 Å². The van der Waals surface area contributed by atoms with Crippen molar-refractivity contribution >= 4 is 15.7 Å². The van der Waals surface area contributed by atoms with Crippen LogP contribution < -0.4 is 10.5 Å². The number of benzene rings is 1. The molecular weight excluding hydrogens is 260 g/mol. The van der Waals surface area contributed by atoms with Crippen LogP contribution in [0.1, 0.15) is 37.3 Å². The van der Waals surface area contributed by atoms with Crippen molar-refractivity contribution in [3.8, 4) is 0 Å². The number of hydrogen-bond acceptors (Lipinski definition) is 3. The third kappa shape index (κ3) is 3.09. The van der Waals surface area contributed by atoms with Gasteiger partial charge in [0.05, 0.1) is 4.90 Å². The second-order valence-corrected chi connectivity index (χ2v) is 7.18. The van der Waals surface area contributed by atoms with Gasteiger partial charge in [-0.25, -0.2) is 13.1 Å². The molecule has 1 aliphatic rings. The smallest absolute Gasteiger partial charge is 0.240 e. The molecule has 106 valence electrons. The van der Waals surface area contributed by atoms with Crippen LogP contribution in [-0.2, 0) is 10.0 Å². The molecule has 1 aromatic rings. The molecule has 4 nitrogen and oxygen atoms in total. The number of nitrogens with two attached hydrogens (primary N) is 1. The van der Waals surface area contributed by atoms with Gasteiger partial charge < -0.3 is 5.73 Å². The Morgan fingerprint density at radius 2 is 2.05 bits per heavy atom. The molecule has 1 aromatic carbocycles. The Hall–Kier alpha value is -1.07. The maximum Gasteiger partial charge on any atom is 0.240 e. The number of nitrogen functional groups attached to an aromatic ring is 1. The van der Waals surface area contributed by atoms with Gasteiger partial charge in [-0.05, 0) is 55.9 Å². The van der Waals surface area contributed by atoms with Gasteiger partial charge in [0.1, 0.15) is 0 Å². The van der Waals surface area contributed by atoms with Gasteiger partial charge in [0.15, 0.2) is 0 Å². The van der Waals surface area contributed by atoms with E-state index in [0.717, 1.165) is 30.4 Å². The summed E-state index contributed by atoms with van der Waals surface area (Å²) in [4.78, 5) is 0.273. The third-order valence-electron chi connectivity index (χ3n) is 3.88. The van der Waals surface area contributed by atoms with Gasteiger partial charge in [0.2, 0.25) is 10.0 Å². The van der Waals surface area contributed by atoms with E-state index in [4.69, 9.17) is 5.73 Å². The van der Waals surface area contributed by atoms with Crippen molar-refractivity contribution in [1.82, 2.24) is 4.72 Å². The van der Waals surface area contributed by atoms with Crippen LogP contribution in [0.15, 0.2) is 17.0 Å². The minimum Gasteiger partial charge on any atom is -0.398 e. The number of hydrogen-bond donors (Lipinski definition) is 2. The maximum absolute atomic E-state index is 12.3. The van der Waals surface area contributed by atoms with Gasteiger partial charge in [0, 0.05) is 11.7 Å². The largest absolute Gasteiger partial charge is 0.398 e. The summed E-state index contributed by atoms with van der Waals surface area (Å²) >= 11 is 0. The molecule has 2 rings (SSSR count). The molecule has 0 aliphatic heterocycles. The molecule has 1 saturated carbocycles. The molecule has 3 N–H and O–H groups in total. The van der Waals surface area contributed by atoms with Crippen molar-refractivity contribution in [1.29, 1.82) is 0 Å². The topological polar surface area (TPSA) is 72.2 Å². The zero-order chi connectivity index (χ0) is 14.2. The van der Waals surface area contributed by atoms with Gasteiger partial charge >= 0.3 is 0 Å². The van der Waals surface area contributed by atoms with Crippen molar-refractivity contribution in [2.75, 3.05) is 5.73 Å². The van der Waals surface area contributed by atoms with E-state index in [-0.39, 0.29) is 10.9 Å². The van der Waals surface area contributed by atoms with Gasteiger partial charge in [-0.1, -0.05) is 13.3 Å². The zero-order valence-electron chi connectivity index (χ0n) is 11.7. The monoisotopic (exact) mass is 282 g/mol. The molecule has 0 aromatic heterocycles. The first-order valence-corrected chi connectivity index (χ1v) is 8.22. The quantitative estimate of drug-likeness (QED) is 0.814. The summed E-state index contributed by atoms with van der Waals surface area (Å²) in [5.41, 5.74) is 8.22. The number of nitrogens with one attached hydrogen (secondary N) is 1. The highest BCUT2D eigenvalue weighted by molar-refractivity contribution is 7.89. The second-order valence-electron chi connectivity index (χ2n) is 5.47. The van der Waals surface area contributed by atoms with Crippen LogP contribution in [0, 0.1) is 19.8 Å². The molecule has 1 aliphatic carbocycles. The molecule has 1 fully saturated rings. The summed E-state index contributed by atoms with van der Waals surface area (Å²) in [6.07, 6.45) is 3.13. The van der Waals surface area contributed by atoms with E-state index >= 15 is 0 Å². The van der Waals surface area contributed by atoms with E-state index in [1.807, 2.05) is 13.8 Å². The molecule has 0 heterocycles. The van der Waals surface area contributed by atoms with Crippen LogP contribution in [0.2, 0.25) is 0 Å². The molecule has 0 spiro atoms. The molecule has 0 saturated heterocycles. The summed E-state index contributed by atoms with van der Waals surface area (Å²) in [6.45, 7) is 5.89. The van der Waals surface area contributed by atoms with E-state index in [9.17, 15) is 8.42 Å². The summed E-state index contributed by atoms with van der Waals surface area (Å²) in [5.74, 6) is 0.503. The van der Waals surface area contributed by atoms with E-state index in [0.29, 0.717) is 11.6 Å². The second kappa shape index (κ2) is 5.13. The van der Waals surface area contributed by atoms with Crippen molar-refractivity contribution in [2.45, 2.75) is 51.0 Å². The molecule has 5 heteroatoms. The number of rotatable bonds is 5. The van der Waals surface area contributed by atoms with Crippen molar-refractivity contribution in [3.05, 3.63) is 23.3 Å². The standard InChI is InChI=1S/C14H22N2O2S/c1-4-5-11-7-14(11)16-19(17,18)12-6-9(2)10(3)13(15)8-12/h6,8,11,14,16H,4-5,7,15H2,1-3H3. The average molecular weight is 282 g/mol. The first-order chi connectivity index (χ1) is 8.85. The van der Waals surface area contributed by atoms with Crippen molar-refractivity contribution < 1.29 is 8.42 Å². The van der Waals surface area contributed by atoms with Crippen LogP contribution in [0.5, 0.6) is 0 Å². The van der Waals surface area contributed by atoms with E-state index in [2.05, 4.69) is 11.6 Å². The van der Waals surface area contributed by atoms with Crippen molar-refractivity contribution in [2.24, 2.45) is 5.92 Å². The molecule has 0 radical (unpaired) electrons. The number of anilines is 1. The van der Waals surface area contributed by atoms with E-state index in [1.165, 1.54) is 0 Å². The normalized spacial score (nSPS) is 22.5. The van der Waals surface area contributed by atoms with Gasteiger partial charge in [-0.2, -0.15) is 0 Å². The Kier molecular flexibility index (Phi) is 3.87. The lowest BCUT2D eigenvalue weighted by Gasteiger charge is -2.10. The molecule has 0 bridgehead atoms. The minimum atomic E-state index is -3.44. The predicted octanol–water partition coefficient (Wildman–Crippen LogP) is 2.35. The number of aryl methyl sites for hydroxylation is 1. The fraction of sp³-hybridized carbons (Fsp3) is 0.571. The van der Waals surface area contributed by atoms with Crippen LogP contribution in [0.25, 0.3) is 0 Å². The Balaban J connectivity index is 2.17. The summed E-state index contributed by atoms with van der Waals surface area (Å²) in [5, 5.41) is 0. The zero-order valence-corrected chi connectivity index (χ0v) is 12.5.